The largest absolute Gasteiger partial charge is 0.399 e. The molecule has 1 unspecified atom stereocenters. The third-order valence-corrected chi connectivity index (χ3v) is 6.83. The number of carbonyl (C=O) groups is 1. The van der Waals surface area contributed by atoms with Crippen LogP contribution in [0.2, 0.25) is 0 Å². The van der Waals surface area contributed by atoms with Crippen molar-refractivity contribution >= 4 is 11.6 Å². The van der Waals surface area contributed by atoms with Crippen LogP contribution in [0.15, 0.2) is 60.8 Å². The number of rotatable bonds is 6. The minimum atomic E-state index is 0.113. The summed E-state index contributed by atoms with van der Waals surface area (Å²) >= 11 is 0. The summed E-state index contributed by atoms with van der Waals surface area (Å²) in [5.74, 6) is 0.770. The highest BCUT2D eigenvalue weighted by molar-refractivity contribution is 5.79. The van der Waals surface area contributed by atoms with E-state index in [2.05, 4.69) is 15.6 Å². The van der Waals surface area contributed by atoms with Crippen LogP contribution < -0.4 is 16.0 Å². The summed E-state index contributed by atoms with van der Waals surface area (Å²) < 4.78 is 1.95. The summed E-state index contributed by atoms with van der Waals surface area (Å²) in [4.78, 5) is 14.4. The number of nitrogens with zero attached hydrogens (tertiary/aromatic N) is 3. The number of fused-ring (bicyclic) bond motifs is 3. The van der Waals surface area contributed by atoms with E-state index in [1.54, 1.807) is 0 Å². The predicted octanol–water partition coefficient (Wildman–Crippen LogP) is 1.14. The topological polar surface area (TPSA) is 90.3 Å². The maximum absolute atomic E-state index is 12.9. The molecule has 7 heteroatoms. The molecule has 7 nitrogen and oxygen atoms in total. The third-order valence-electron chi connectivity index (χ3n) is 6.83. The van der Waals surface area contributed by atoms with Gasteiger partial charge in [0, 0.05) is 30.6 Å². The van der Waals surface area contributed by atoms with Gasteiger partial charge in [-0.15, -0.1) is 5.10 Å². The monoisotopic (exact) mass is 417 g/mol. The van der Waals surface area contributed by atoms with E-state index in [-0.39, 0.29) is 11.8 Å². The predicted molar refractivity (Wildman–Crippen MR) is 119 cm³/mol. The van der Waals surface area contributed by atoms with Gasteiger partial charge in [0.1, 0.15) is 11.7 Å². The van der Waals surface area contributed by atoms with E-state index < -0.39 is 0 Å². The van der Waals surface area contributed by atoms with E-state index in [0.29, 0.717) is 18.5 Å². The van der Waals surface area contributed by atoms with Gasteiger partial charge >= 0.3 is 0 Å². The fourth-order valence-electron chi connectivity index (χ4n) is 5.18. The average molecular weight is 418 g/mol. The van der Waals surface area contributed by atoms with Crippen LogP contribution >= 0.6 is 0 Å². The number of piperidine rings is 3. The van der Waals surface area contributed by atoms with Crippen molar-refractivity contribution < 1.29 is 9.69 Å². The van der Waals surface area contributed by atoms with Crippen LogP contribution in [-0.4, -0.2) is 40.0 Å². The van der Waals surface area contributed by atoms with E-state index in [0.717, 1.165) is 55.0 Å². The maximum Gasteiger partial charge on any atom is 0.229 e. The second-order valence-electron chi connectivity index (χ2n) is 8.85. The number of hydrogen-bond acceptors (Lipinski definition) is 4. The van der Waals surface area contributed by atoms with Crippen molar-refractivity contribution in [3.63, 3.8) is 0 Å². The lowest BCUT2D eigenvalue weighted by atomic mass is 9.75. The molecule has 0 aliphatic carbocycles. The van der Waals surface area contributed by atoms with Crippen molar-refractivity contribution in [2.75, 3.05) is 18.8 Å². The van der Waals surface area contributed by atoms with Crippen LogP contribution in [-0.2, 0) is 17.9 Å². The van der Waals surface area contributed by atoms with E-state index >= 15 is 0 Å². The Balaban J connectivity index is 1.19. The lowest BCUT2D eigenvalue weighted by Gasteiger charge is -2.46. The number of quaternary nitrogens is 1. The lowest BCUT2D eigenvalue weighted by molar-refractivity contribution is -0.945. The van der Waals surface area contributed by atoms with Crippen molar-refractivity contribution in [2.45, 2.75) is 32.0 Å². The molecule has 3 aliphatic rings. The number of carbonyl (C=O) groups excluding carboxylic acids is 1. The number of hydrogen-bond donors (Lipinski definition) is 3. The number of nitrogens with two attached hydrogens (primary N) is 1. The van der Waals surface area contributed by atoms with Crippen LogP contribution in [0.1, 0.15) is 18.4 Å². The Morgan fingerprint density at radius 1 is 1.19 bits per heavy atom. The zero-order valence-electron chi connectivity index (χ0n) is 17.6. The molecule has 4 heterocycles. The third kappa shape index (κ3) is 4.32. The SMILES string of the molecule is Nc1cccc(-c2cn(C[C@H]3C[C@@H]4CC[NH+]3C[C@@H]4C(=O)NCc3ccccc3)nn2)c1. The molecule has 3 aliphatic heterocycles. The normalized spacial score (nSPS) is 24.8. The van der Waals surface area contributed by atoms with E-state index in [1.807, 2.05) is 65.5 Å². The molecule has 31 heavy (non-hydrogen) atoms. The molecule has 6 rings (SSSR count). The minimum absolute atomic E-state index is 0.113. The lowest BCUT2D eigenvalue weighted by Crippen LogP contribution is -3.20. The molecule has 3 saturated heterocycles. The molecule has 3 fully saturated rings. The summed E-state index contributed by atoms with van der Waals surface area (Å²) in [5.41, 5.74) is 9.59. The first-order valence-corrected chi connectivity index (χ1v) is 11.1. The Morgan fingerprint density at radius 2 is 2.06 bits per heavy atom. The van der Waals surface area contributed by atoms with Gasteiger partial charge in [-0.2, -0.15) is 0 Å². The van der Waals surface area contributed by atoms with Crippen molar-refractivity contribution in [1.82, 2.24) is 20.3 Å². The molecule has 2 aromatic carbocycles. The van der Waals surface area contributed by atoms with Crippen molar-refractivity contribution in [1.29, 1.82) is 0 Å². The van der Waals surface area contributed by atoms with E-state index in [9.17, 15) is 4.79 Å². The second-order valence-corrected chi connectivity index (χ2v) is 8.85. The van der Waals surface area contributed by atoms with Gasteiger partial charge in [-0.3, -0.25) is 4.79 Å². The molecule has 4 atom stereocenters. The molecular formula is C24H29N6O+. The van der Waals surface area contributed by atoms with Gasteiger partial charge in [0.15, 0.2) is 0 Å². The summed E-state index contributed by atoms with van der Waals surface area (Å²) in [6, 6.07) is 18.3. The van der Waals surface area contributed by atoms with Crippen LogP contribution in [0, 0.1) is 11.8 Å². The standard InChI is InChI=1S/C24H28N6O/c25-20-8-4-7-19(11-20)23-16-30(28-27-23)14-21-12-18-9-10-29(21)15-22(18)24(31)26-13-17-5-2-1-3-6-17/h1-8,11,16,18,21-22H,9-10,12-15,25H2,(H,26,31)/p+1/t18-,21+,22-/m0/s1. The first-order valence-electron chi connectivity index (χ1n) is 11.1. The Labute approximate surface area is 182 Å². The maximum atomic E-state index is 12.9. The number of amides is 1. The van der Waals surface area contributed by atoms with Gasteiger partial charge in [-0.25, -0.2) is 4.68 Å². The van der Waals surface area contributed by atoms with Crippen molar-refractivity contribution in [3.05, 3.63) is 66.4 Å². The minimum Gasteiger partial charge on any atom is -0.399 e. The summed E-state index contributed by atoms with van der Waals surface area (Å²) in [7, 11) is 0. The van der Waals surface area contributed by atoms with Gasteiger partial charge in [-0.1, -0.05) is 47.7 Å². The first kappa shape index (κ1) is 19.8. The molecule has 0 spiro atoms. The molecular weight excluding hydrogens is 388 g/mol. The molecule has 2 bridgehead atoms. The molecule has 1 aromatic heterocycles. The Morgan fingerprint density at radius 3 is 2.84 bits per heavy atom. The summed E-state index contributed by atoms with van der Waals surface area (Å²) in [5, 5.41) is 11.8. The second kappa shape index (κ2) is 8.51. The zero-order valence-corrected chi connectivity index (χ0v) is 17.6. The number of nitrogen functional groups attached to an aromatic ring is 1. The smallest absolute Gasteiger partial charge is 0.229 e. The van der Waals surface area contributed by atoms with Crippen LogP contribution in [0.5, 0.6) is 0 Å². The Kier molecular flexibility index (Phi) is 5.42. The highest BCUT2D eigenvalue weighted by atomic mass is 16.1. The number of anilines is 1. The van der Waals surface area contributed by atoms with Gasteiger partial charge in [0.25, 0.3) is 0 Å². The Hall–Kier alpha value is -3.19. The van der Waals surface area contributed by atoms with Gasteiger partial charge < -0.3 is 16.0 Å². The molecule has 0 radical (unpaired) electrons. The Bertz CT molecular complexity index is 1050. The average Bonchev–Trinajstić information content (AvgIpc) is 3.27. The zero-order chi connectivity index (χ0) is 21.2. The molecule has 3 aromatic rings. The summed E-state index contributed by atoms with van der Waals surface area (Å²) in [6.45, 7) is 3.48. The van der Waals surface area contributed by atoms with Crippen molar-refractivity contribution in [3.8, 4) is 11.3 Å². The van der Waals surface area contributed by atoms with Crippen LogP contribution in [0.25, 0.3) is 11.3 Å². The summed E-state index contributed by atoms with van der Waals surface area (Å²) in [6.07, 6.45) is 4.19. The molecule has 1 amide bonds. The van der Waals surface area contributed by atoms with E-state index in [4.69, 9.17) is 5.73 Å². The highest BCUT2D eigenvalue weighted by Crippen LogP contribution is 2.28. The van der Waals surface area contributed by atoms with Crippen molar-refractivity contribution in [2.24, 2.45) is 11.8 Å². The van der Waals surface area contributed by atoms with Crippen LogP contribution in [0.3, 0.4) is 0 Å². The number of nitrogens with one attached hydrogen (secondary N) is 2. The number of aromatic nitrogens is 3. The molecule has 4 N–H and O–H groups in total. The van der Waals surface area contributed by atoms with Crippen LogP contribution in [0.4, 0.5) is 5.69 Å². The quantitative estimate of drug-likeness (QED) is 0.525. The van der Waals surface area contributed by atoms with E-state index in [1.165, 1.54) is 4.90 Å². The first-order chi connectivity index (χ1) is 15.2. The van der Waals surface area contributed by atoms with Gasteiger partial charge in [0.05, 0.1) is 31.7 Å². The van der Waals surface area contributed by atoms with Gasteiger partial charge in [0.2, 0.25) is 5.91 Å². The highest BCUT2D eigenvalue weighted by Gasteiger charge is 2.46. The molecule has 160 valence electrons. The number of benzene rings is 2. The molecule has 0 saturated carbocycles. The fraction of sp³-hybridized carbons (Fsp3) is 0.375. The van der Waals surface area contributed by atoms with Gasteiger partial charge in [-0.05, 0) is 23.6 Å². The fourth-order valence-corrected chi connectivity index (χ4v) is 5.18.